The maximum Gasteiger partial charge on any atom is 0.0919 e. The fraction of sp³-hybridized carbons (Fsp3) is 0.439. The number of aryl methyl sites for hydroxylation is 1. The first-order chi connectivity index (χ1) is 21.9. The van der Waals surface area contributed by atoms with E-state index in [0.29, 0.717) is 0 Å². The van der Waals surface area contributed by atoms with Gasteiger partial charge < -0.3 is 5.41 Å². The molecule has 0 atom stereocenters. The number of H-pyrrole nitrogens is 1. The molecule has 2 aliphatic carbocycles. The maximum atomic E-state index is 8.75. The molecule has 45 heavy (non-hydrogen) atoms. The third-order valence-electron chi connectivity index (χ3n) is 8.50. The fourth-order valence-electron chi connectivity index (χ4n) is 5.90. The lowest BCUT2D eigenvalue weighted by Crippen LogP contribution is -2.00. The molecular weight excluding hydrogens is 548 g/mol. The topological polar surface area (TPSA) is 65.4 Å². The molecule has 0 fully saturated rings. The summed E-state index contributed by atoms with van der Waals surface area (Å²) >= 11 is 0. The van der Waals surface area contributed by atoms with Gasteiger partial charge in [-0.2, -0.15) is 5.10 Å². The standard InChI is InChI=1S/C41H52N4/c1-5-6-17-33(18-11-10-15-31(2)3)19-12-13-22-37(42)28-26-35-21-9-7-8-20-34-24-25-36(27-29-38(34)35)39-30-43-45-41(39)40-23-14-16-32(4)44-40/h8-9,14,16-17,21,23-25,29-31,42H,5-7,10-13,15,18-19,22,26,28H2,1-4H3,(H,43,45)/b21-9?,33-17+,38-35?,42-37?. The lowest BCUT2D eigenvalue weighted by atomic mass is 9.93. The molecule has 236 valence electrons. The van der Waals surface area contributed by atoms with Crippen LogP contribution in [0.4, 0.5) is 0 Å². The van der Waals surface area contributed by atoms with Crippen molar-refractivity contribution in [3.8, 4) is 11.4 Å². The van der Waals surface area contributed by atoms with Crippen LogP contribution in [0.2, 0.25) is 0 Å². The zero-order valence-corrected chi connectivity index (χ0v) is 28.0. The van der Waals surface area contributed by atoms with E-state index in [0.717, 1.165) is 83.1 Å². The number of fused-ring (bicyclic) bond motifs is 1. The Kier molecular flexibility index (Phi) is 13.6. The molecule has 2 aliphatic rings. The lowest BCUT2D eigenvalue weighted by molar-refractivity contribution is 0.533. The number of aromatic amines is 1. The van der Waals surface area contributed by atoms with Gasteiger partial charge in [0.15, 0.2) is 0 Å². The molecule has 2 heterocycles. The van der Waals surface area contributed by atoms with E-state index < -0.39 is 0 Å². The van der Waals surface area contributed by atoms with Crippen LogP contribution in [0, 0.1) is 18.3 Å². The molecule has 4 nitrogen and oxygen atoms in total. The first kappa shape index (κ1) is 33.9. The van der Waals surface area contributed by atoms with Gasteiger partial charge >= 0.3 is 0 Å². The van der Waals surface area contributed by atoms with Crippen molar-refractivity contribution in [2.24, 2.45) is 5.92 Å². The summed E-state index contributed by atoms with van der Waals surface area (Å²) in [5.41, 5.74) is 17.7. The largest absolute Gasteiger partial charge is 0.310 e. The molecule has 4 rings (SSSR count). The molecule has 2 aromatic heterocycles. The van der Waals surface area contributed by atoms with Crippen molar-refractivity contribution < 1.29 is 0 Å². The normalized spacial score (nSPS) is 14.7. The molecule has 0 unspecified atom stereocenters. The summed E-state index contributed by atoms with van der Waals surface area (Å²) in [6.45, 7) is 8.90. The second kappa shape index (κ2) is 18.1. The summed E-state index contributed by atoms with van der Waals surface area (Å²) < 4.78 is 0. The molecule has 0 saturated heterocycles. The maximum absolute atomic E-state index is 8.75. The minimum atomic E-state index is 0.785. The number of rotatable bonds is 17. The monoisotopic (exact) mass is 600 g/mol. The second-order valence-electron chi connectivity index (χ2n) is 12.8. The zero-order valence-electron chi connectivity index (χ0n) is 28.0. The molecule has 0 saturated carbocycles. The van der Waals surface area contributed by atoms with Gasteiger partial charge in [-0.3, -0.25) is 10.1 Å². The first-order valence-electron chi connectivity index (χ1n) is 17.2. The molecule has 0 aromatic carbocycles. The number of nitrogens with zero attached hydrogens (tertiary/aromatic N) is 2. The van der Waals surface area contributed by atoms with Gasteiger partial charge in [0.05, 0.1) is 17.6 Å². The third-order valence-corrected chi connectivity index (χ3v) is 8.50. The highest BCUT2D eigenvalue weighted by Gasteiger charge is 2.15. The Bertz CT molecular complexity index is 1560. The summed E-state index contributed by atoms with van der Waals surface area (Å²) in [6.07, 6.45) is 31.7. The van der Waals surface area contributed by atoms with E-state index >= 15 is 0 Å². The Hall–Kier alpha value is -3.97. The van der Waals surface area contributed by atoms with Crippen LogP contribution in [-0.4, -0.2) is 20.9 Å². The highest BCUT2D eigenvalue weighted by molar-refractivity contribution is 5.84. The van der Waals surface area contributed by atoms with E-state index in [2.05, 4.69) is 85.0 Å². The van der Waals surface area contributed by atoms with Gasteiger partial charge in [0, 0.05) is 33.7 Å². The fourth-order valence-corrected chi connectivity index (χ4v) is 5.90. The van der Waals surface area contributed by atoms with Gasteiger partial charge in [-0.05, 0) is 119 Å². The quantitative estimate of drug-likeness (QED) is 0.0821. The van der Waals surface area contributed by atoms with Gasteiger partial charge in [0.2, 0.25) is 0 Å². The van der Waals surface area contributed by atoms with E-state index in [1.807, 2.05) is 31.3 Å². The van der Waals surface area contributed by atoms with E-state index in [1.54, 1.807) is 5.57 Å². The third kappa shape index (κ3) is 10.9. The highest BCUT2D eigenvalue weighted by atomic mass is 15.1. The molecule has 0 amide bonds. The van der Waals surface area contributed by atoms with E-state index in [4.69, 9.17) is 10.4 Å². The van der Waals surface area contributed by atoms with Gasteiger partial charge in [-0.25, -0.2) is 0 Å². The number of unbranched alkanes of at least 4 members (excludes halogenated alkanes) is 3. The molecule has 0 bridgehead atoms. The molecule has 2 aromatic rings. The van der Waals surface area contributed by atoms with Crippen molar-refractivity contribution in [2.45, 2.75) is 111 Å². The van der Waals surface area contributed by atoms with Crippen molar-refractivity contribution in [3.63, 3.8) is 0 Å². The summed E-state index contributed by atoms with van der Waals surface area (Å²) in [5, 5.41) is 16.2. The van der Waals surface area contributed by atoms with Gasteiger partial charge in [-0.1, -0.05) is 69.9 Å². The Morgan fingerprint density at radius 1 is 1.00 bits per heavy atom. The average molecular weight is 601 g/mol. The number of allylic oxidation sites excluding steroid dienone is 10. The Morgan fingerprint density at radius 2 is 1.80 bits per heavy atom. The minimum Gasteiger partial charge on any atom is -0.310 e. The van der Waals surface area contributed by atoms with Crippen LogP contribution in [0.5, 0.6) is 0 Å². The number of hydrogen-bond acceptors (Lipinski definition) is 3. The zero-order chi connectivity index (χ0) is 31.9. The van der Waals surface area contributed by atoms with Crippen LogP contribution >= 0.6 is 0 Å². The molecular formula is C41H52N4. The highest BCUT2D eigenvalue weighted by Crippen LogP contribution is 2.31. The van der Waals surface area contributed by atoms with E-state index in [1.165, 1.54) is 56.9 Å². The Balaban J connectivity index is 1.39. The summed E-state index contributed by atoms with van der Waals surface area (Å²) in [7, 11) is 0. The second-order valence-corrected chi connectivity index (χ2v) is 12.8. The van der Waals surface area contributed by atoms with Crippen LogP contribution in [0.15, 0.2) is 101 Å². The summed E-state index contributed by atoms with van der Waals surface area (Å²) in [4.78, 5) is 4.70. The summed E-state index contributed by atoms with van der Waals surface area (Å²) in [5.74, 6) is 0.800. The number of hydrogen-bond donors (Lipinski definition) is 2. The minimum absolute atomic E-state index is 0.785. The van der Waals surface area contributed by atoms with Crippen molar-refractivity contribution in [1.29, 1.82) is 5.41 Å². The molecule has 0 aliphatic heterocycles. The van der Waals surface area contributed by atoms with E-state index in [-0.39, 0.29) is 0 Å². The van der Waals surface area contributed by atoms with E-state index in [9.17, 15) is 0 Å². The number of pyridine rings is 1. The SMILES string of the molecule is CCC/C=C(/CCCCC(=N)CCC1=C2C=C=C(c3cn[nH]c3-c3cccc(C)n3)C=CC2=C=CCC=C1)CCCCC(C)C. The number of nitrogens with one attached hydrogen (secondary N) is 2. The van der Waals surface area contributed by atoms with Crippen LogP contribution in [0.3, 0.4) is 0 Å². The first-order valence-corrected chi connectivity index (χ1v) is 17.2. The average Bonchev–Trinajstić information content (AvgIpc) is 3.42. The lowest BCUT2D eigenvalue weighted by Gasteiger charge is -2.12. The Morgan fingerprint density at radius 3 is 2.60 bits per heavy atom. The van der Waals surface area contributed by atoms with Crippen LogP contribution in [0.1, 0.15) is 115 Å². The van der Waals surface area contributed by atoms with Crippen LogP contribution in [0.25, 0.3) is 17.0 Å². The van der Waals surface area contributed by atoms with Crippen molar-refractivity contribution in [1.82, 2.24) is 15.2 Å². The van der Waals surface area contributed by atoms with Crippen molar-refractivity contribution in [3.05, 3.63) is 112 Å². The van der Waals surface area contributed by atoms with Gasteiger partial charge in [0.1, 0.15) is 0 Å². The molecule has 0 spiro atoms. The van der Waals surface area contributed by atoms with Crippen LogP contribution < -0.4 is 0 Å². The smallest absolute Gasteiger partial charge is 0.0919 e. The Labute approximate surface area is 271 Å². The van der Waals surface area contributed by atoms with Crippen LogP contribution in [-0.2, 0) is 0 Å². The predicted octanol–water partition coefficient (Wildman–Crippen LogP) is 11.5. The number of aromatic nitrogens is 3. The predicted molar refractivity (Wildman–Crippen MR) is 191 cm³/mol. The van der Waals surface area contributed by atoms with Gasteiger partial charge in [0.25, 0.3) is 0 Å². The van der Waals surface area contributed by atoms with Crippen molar-refractivity contribution in [2.75, 3.05) is 0 Å². The molecule has 2 N–H and O–H groups in total. The molecule has 4 heteroatoms. The molecule has 0 radical (unpaired) electrons. The summed E-state index contributed by atoms with van der Waals surface area (Å²) in [6, 6.07) is 6.02. The van der Waals surface area contributed by atoms with Gasteiger partial charge in [-0.15, -0.1) is 11.5 Å². The van der Waals surface area contributed by atoms with Crippen molar-refractivity contribution >= 4 is 11.3 Å².